The van der Waals surface area contributed by atoms with Crippen molar-refractivity contribution in [2.24, 2.45) is 5.73 Å². The Labute approximate surface area is 154 Å². The quantitative estimate of drug-likeness (QED) is 0.811. The molecule has 7 heteroatoms. The molecular formula is C17H22Cl2FN3O. The molecular weight excluding hydrogens is 352 g/mol. The summed E-state index contributed by atoms with van der Waals surface area (Å²) in [7, 11) is 0. The van der Waals surface area contributed by atoms with E-state index in [4.69, 9.17) is 5.73 Å². The van der Waals surface area contributed by atoms with Gasteiger partial charge < -0.3 is 10.6 Å². The lowest BCUT2D eigenvalue weighted by molar-refractivity contribution is -0.131. The van der Waals surface area contributed by atoms with Crippen molar-refractivity contribution in [2.75, 3.05) is 13.1 Å². The molecule has 0 aliphatic carbocycles. The van der Waals surface area contributed by atoms with Crippen LogP contribution in [0.15, 0.2) is 48.7 Å². The van der Waals surface area contributed by atoms with E-state index in [-0.39, 0.29) is 36.5 Å². The summed E-state index contributed by atoms with van der Waals surface area (Å²) in [5.74, 6) is -0.278. The van der Waals surface area contributed by atoms with Crippen molar-refractivity contribution in [3.05, 3.63) is 65.7 Å². The van der Waals surface area contributed by atoms with Gasteiger partial charge in [0.2, 0.25) is 5.91 Å². The third-order valence-corrected chi connectivity index (χ3v) is 3.36. The molecule has 2 N–H and O–H groups in total. The van der Waals surface area contributed by atoms with Gasteiger partial charge in [0.25, 0.3) is 0 Å². The number of hydrogen-bond donors (Lipinski definition) is 1. The molecule has 0 saturated heterocycles. The minimum Gasteiger partial charge on any atom is -0.338 e. The number of nitrogens with zero attached hydrogens (tertiary/aromatic N) is 2. The maximum Gasteiger partial charge on any atom is 0.224 e. The van der Waals surface area contributed by atoms with Crippen LogP contribution in [0.25, 0.3) is 0 Å². The molecule has 132 valence electrons. The minimum atomic E-state index is -0.280. The molecule has 0 saturated carbocycles. The molecule has 0 aliphatic heterocycles. The van der Waals surface area contributed by atoms with E-state index < -0.39 is 0 Å². The molecule has 0 atom stereocenters. The lowest BCUT2D eigenvalue weighted by atomic mass is 10.2. The van der Waals surface area contributed by atoms with E-state index in [1.165, 1.54) is 12.1 Å². The fourth-order valence-electron chi connectivity index (χ4n) is 2.18. The Balaban J connectivity index is 0.00000264. The summed E-state index contributed by atoms with van der Waals surface area (Å²) in [5, 5.41) is 0. The Morgan fingerprint density at radius 3 is 2.42 bits per heavy atom. The van der Waals surface area contributed by atoms with E-state index >= 15 is 0 Å². The normalized spacial score (nSPS) is 9.58. The highest BCUT2D eigenvalue weighted by Gasteiger charge is 2.13. The number of aromatic nitrogens is 1. The minimum absolute atomic E-state index is 0. The van der Waals surface area contributed by atoms with Gasteiger partial charge in [-0.2, -0.15) is 0 Å². The Bertz CT molecular complexity index is 597. The zero-order valence-electron chi connectivity index (χ0n) is 13.2. The van der Waals surface area contributed by atoms with Crippen LogP contribution in [0, 0.1) is 5.82 Å². The van der Waals surface area contributed by atoms with Gasteiger partial charge in [0.1, 0.15) is 5.82 Å². The summed E-state index contributed by atoms with van der Waals surface area (Å²) in [6, 6.07) is 11.9. The van der Waals surface area contributed by atoms with Crippen LogP contribution in [0.1, 0.15) is 17.7 Å². The van der Waals surface area contributed by atoms with E-state index in [0.717, 1.165) is 11.3 Å². The number of rotatable bonds is 7. The Morgan fingerprint density at radius 1 is 1.12 bits per heavy atom. The summed E-state index contributed by atoms with van der Waals surface area (Å²) in [4.78, 5) is 18.2. The van der Waals surface area contributed by atoms with Crippen LogP contribution in [0.2, 0.25) is 0 Å². The monoisotopic (exact) mass is 373 g/mol. The Hall–Kier alpha value is -1.69. The molecule has 4 nitrogen and oxygen atoms in total. The van der Waals surface area contributed by atoms with Crippen molar-refractivity contribution in [3.8, 4) is 0 Å². The molecule has 24 heavy (non-hydrogen) atoms. The van der Waals surface area contributed by atoms with Crippen LogP contribution in [-0.2, 0) is 17.8 Å². The van der Waals surface area contributed by atoms with Gasteiger partial charge in [-0.15, -0.1) is 24.8 Å². The van der Waals surface area contributed by atoms with E-state index in [1.54, 1.807) is 23.2 Å². The molecule has 2 rings (SSSR count). The first-order valence-electron chi connectivity index (χ1n) is 7.31. The summed E-state index contributed by atoms with van der Waals surface area (Å²) in [5.41, 5.74) is 7.31. The Morgan fingerprint density at radius 2 is 1.83 bits per heavy atom. The molecule has 2 aromatic rings. The molecule has 0 radical (unpaired) electrons. The molecule has 0 unspecified atom stereocenters. The van der Waals surface area contributed by atoms with Gasteiger partial charge in [0, 0.05) is 44.4 Å². The van der Waals surface area contributed by atoms with E-state index in [2.05, 4.69) is 4.98 Å². The predicted octanol–water partition coefficient (Wildman–Crippen LogP) is 2.98. The first-order chi connectivity index (χ1) is 10.7. The van der Waals surface area contributed by atoms with Crippen LogP contribution in [0.5, 0.6) is 0 Å². The highest BCUT2D eigenvalue weighted by atomic mass is 35.5. The van der Waals surface area contributed by atoms with Crippen molar-refractivity contribution in [3.63, 3.8) is 0 Å². The molecule has 0 spiro atoms. The average Bonchev–Trinajstić information content (AvgIpc) is 2.54. The zero-order chi connectivity index (χ0) is 15.8. The number of benzene rings is 1. The number of amides is 1. The number of hydrogen-bond acceptors (Lipinski definition) is 3. The van der Waals surface area contributed by atoms with Crippen LogP contribution >= 0.6 is 24.8 Å². The number of carbonyl (C=O) groups is 1. The van der Waals surface area contributed by atoms with Gasteiger partial charge in [-0.25, -0.2) is 4.39 Å². The third kappa shape index (κ3) is 7.25. The van der Waals surface area contributed by atoms with Crippen LogP contribution in [0.3, 0.4) is 0 Å². The summed E-state index contributed by atoms with van der Waals surface area (Å²) >= 11 is 0. The van der Waals surface area contributed by atoms with Crippen LogP contribution in [0.4, 0.5) is 4.39 Å². The fraction of sp³-hybridized carbons (Fsp3) is 0.294. The standard InChI is InChI=1S/C17H20FN3O.2ClH/c18-15-6-4-14(5-7-15)13-21(17(22)8-10-19)12-9-16-3-1-2-11-20-16;;/h1-7,11H,8-10,12-13,19H2;2*1H. The largest absolute Gasteiger partial charge is 0.338 e. The molecule has 1 aromatic heterocycles. The second kappa shape index (κ2) is 11.8. The lowest BCUT2D eigenvalue weighted by Gasteiger charge is -2.22. The fourth-order valence-corrected chi connectivity index (χ4v) is 2.18. The number of carbonyl (C=O) groups excluding carboxylic acids is 1. The van der Waals surface area contributed by atoms with Crippen molar-refractivity contribution in [1.82, 2.24) is 9.88 Å². The molecule has 1 amide bonds. The number of pyridine rings is 1. The SMILES string of the molecule is Cl.Cl.NCCC(=O)N(CCc1ccccn1)Cc1ccc(F)cc1. The van der Waals surface area contributed by atoms with Gasteiger partial charge >= 0.3 is 0 Å². The smallest absolute Gasteiger partial charge is 0.224 e. The molecule has 0 aliphatic rings. The van der Waals surface area contributed by atoms with Gasteiger partial charge in [-0.3, -0.25) is 9.78 Å². The average molecular weight is 374 g/mol. The van der Waals surface area contributed by atoms with Crippen molar-refractivity contribution in [1.29, 1.82) is 0 Å². The van der Waals surface area contributed by atoms with Gasteiger partial charge in [-0.1, -0.05) is 18.2 Å². The highest BCUT2D eigenvalue weighted by Crippen LogP contribution is 2.09. The summed E-state index contributed by atoms with van der Waals surface area (Å²) < 4.78 is 13.0. The van der Waals surface area contributed by atoms with E-state index in [9.17, 15) is 9.18 Å². The molecule has 1 aromatic carbocycles. The first-order valence-corrected chi connectivity index (χ1v) is 7.31. The summed E-state index contributed by atoms with van der Waals surface area (Å²) in [6.45, 7) is 1.33. The Kier molecular flexibility index (Phi) is 11.0. The second-order valence-electron chi connectivity index (χ2n) is 5.05. The highest BCUT2D eigenvalue weighted by molar-refractivity contribution is 5.85. The molecule has 1 heterocycles. The lowest BCUT2D eigenvalue weighted by Crippen LogP contribution is -2.33. The maximum absolute atomic E-state index is 13.0. The van der Waals surface area contributed by atoms with Gasteiger partial charge in [-0.05, 0) is 29.8 Å². The summed E-state index contributed by atoms with van der Waals surface area (Å²) in [6.07, 6.45) is 2.73. The third-order valence-electron chi connectivity index (χ3n) is 3.36. The van der Waals surface area contributed by atoms with Crippen molar-refractivity contribution in [2.45, 2.75) is 19.4 Å². The number of nitrogens with two attached hydrogens (primary N) is 1. The van der Waals surface area contributed by atoms with Gasteiger partial charge in [0.05, 0.1) is 0 Å². The second-order valence-corrected chi connectivity index (χ2v) is 5.05. The number of halogens is 3. The molecule has 0 bridgehead atoms. The van der Waals surface area contributed by atoms with E-state index in [1.807, 2.05) is 18.2 Å². The molecule has 0 fully saturated rings. The first kappa shape index (κ1) is 22.3. The van der Waals surface area contributed by atoms with Crippen LogP contribution < -0.4 is 5.73 Å². The van der Waals surface area contributed by atoms with Gasteiger partial charge in [0.15, 0.2) is 0 Å². The topological polar surface area (TPSA) is 59.2 Å². The predicted molar refractivity (Wildman–Crippen MR) is 97.9 cm³/mol. The van der Waals surface area contributed by atoms with Crippen molar-refractivity contribution < 1.29 is 9.18 Å². The van der Waals surface area contributed by atoms with Crippen molar-refractivity contribution >= 4 is 30.7 Å². The zero-order valence-corrected chi connectivity index (χ0v) is 14.9. The van der Waals surface area contributed by atoms with Crippen LogP contribution in [-0.4, -0.2) is 28.9 Å². The maximum atomic E-state index is 13.0. The van der Waals surface area contributed by atoms with E-state index in [0.29, 0.717) is 32.5 Å².